The highest BCUT2D eigenvalue weighted by atomic mass is 16.5. The number of hydrogen-bond acceptors (Lipinski definition) is 4. The number of fused-ring (bicyclic) bond motifs is 1. The fourth-order valence-corrected chi connectivity index (χ4v) is 1.86. The Labute approximate surface area is 104 Å². The first-order valence-electron chi connectivity index (χ1n) is 5.73. The number of aromatic nitrogens is 2. The molecule has 0 saturated carbocycles. The zero-order valence-electron chi connectivity index (χ0n) is 9.96. The summed E-state index contributed by atoms with van der Waals surface area (Å²) in [6.07, 6.45) is 0. The summed E-state index contributed by atoms with van der Waals surface area (Å²) in [6.45, 7) is 2.07. The lowest BCUT2D eigenvalue weighted by atomic mass is 10.1. The average molecular weight is 240 g/mol. The Morgan fingerprint density at radius 3 is 2.78 bits per heavy atom. The summed E-state index contributed by atoms with van der Waals surface area (Å²) in [5.74, 6) is 1.93. The van der Waals surface area contributed by atoms with E-state index in [1.807, 2.05) is 30.3 Å². The largest absolute Gasteiger partial charge is 0.483 e. The molecule has 3 rings (SSSR count). The van der Waals surface area contributed by atoms with Crippen molar-refractivity contribution >= 4 is 10.8 Å². The van der Waals surface area contributed by atoms with Crippen LogP contribution in [-0.2, 0) is 6.61 Å². The lowest BCUT2D eigenvalue weighted by molar-refractivity contribution is 0.245. The molecule has 90 valence electrons. The normalized spacial score (nSPS) is 10.7. The van der Waals surface area contributed by atoms with E-state index in [0.717, 1.165) is 16.5 Å². The van der Waals surface area contributed by atoms with Gasteiger partial charge in [0.2, 0.25) is 0 Å². The molecular weight excluding hydrogens is 228 g/mol. The maximum Gasteiger partial charge on any atom is 0.264 e. The minimum atomic E-state index is 0.287. The highest BCUT2D eigenvalue weighted by molar-refractivity contribution is 5.88. The molecule has 0 atom stereocenters. The van der Waals surface area contributed by atoms with E-state index in [-0.39, 0.29) is 6.61 Å². The lowest BCUT2D eigenvalue weighted by Crippen LogP contribution is -1.96. The Kier molecular flexibility index (Phi) is 2.68. The van der Waals surface area contributed by atoms with E-state index in [1.165, 1.54) is 0 Å². The molecule has 0 radical (unpaired) electrons. The summed E-state index contributed by atoms with van der Waals surface area (Å²) in [5, 5.41) is 5.95. The maximum atomic E-state index is 5.72. The number of ether oxygens (including phenoxy) is 1. The molecule has 1 heterocycles. The number of benzene rings is 2. The summed E-state index contributed by atoms with van der Waals surface area (Å²) >= 11 is 0. The molecule has 0 unspecified atom stereocenters. The molecule has 0 aliphatic carbocycles. The second-order valence-electron chi connectivity index (χ2n) is 4.00. The molecule has 0 bridgehead atoms. The summed E-state index contributed by atoms with van der Waals surface area (Å²) in [7, 11) is 0. The van der Waals surface area contributed by atoms with Crippen LogP contribution in [0.2, 0.25) is 0 Å². The van der Waals surface area contributed by atoms with Crippen LogP contribution >= 0.6 is 0 Å². The third-order valence-electron chi connectivity index (χ3n) is 2.67. The Bertz CT molecular complexity index is 671. The van der Waals surface area contributed by atoms with Gasteiger partial charge < -0.3 is 9.26 Å². The van der Waals surface area contributed by atoms with E-state index in [0.29, 0.717) is 11.7 Å². The van der Waals surface area contributed by atoms with Crippen LogP contribution in [0.1, 0.15) is 11.7 Å². The Morgan fingerprint density at radius 1 is 1.11 bits per heavy atom. The maximum absolute atomic E-state index is 5.72. The number of aryl methyl sites for hydroxylation is 1. The van der Waals surface area contributed by atoms with E-state index < -0.39 is 0 Å². The summed E-state index contributed by atoms with van der Waals surface area (Å²) in [6, 6.07) is 14.0. The molecule has 0 aliphatic rings. The first kappa shape index (κ1) is 10.8. The fourth-order valence-electron chi connectivity index (χ4n) is 1.86. The molecule has 0 N–H and O–H groups in total. The van der Waals surface area contributed by atoms with Crippen molar-refractivity contribution in [2.45, 2.75) is 13.5 Å². The topological polar surface area (TPSA) is 48.2 Å². The molecule has 0 amide bonds. The van der Waals surface area contributed by atoms with Crippen LogP contribution in [0.15, 0.2) is 47.0 Å². The molecule has 2 aromatic carbocycles. The monoisotopic (exact) mass is 240 g/mol. The highest BCUT2D eigenvalue weighted by Crippen LogP contribution is 2.25. The molecule has 0 spiro atoms. The van der Waals surface area contributed by atoms with Gasteiger partial charge in [-0.2, -0.15) is 4.98 Å². The molecule has 0 aliphatic heterocycles. The van der Waals surface area contributed by atoms with Gasteiger partial charge in [-0.15, -0.1) is 0 Å². The van der Waals surface area contributed by atoms with Crippen molar-refractivity contribution in [2.75, 3.05) is 0 Å². The lowest BCUT2D eigenvalue weighted by Gasteiger charge is -2.06. The molecule has 1 aromatic heterocycles. The van der Waals surface area contributed by atoms with Crippen LogP contribution in [0.5, 0.6) is 5.75 Å². The van der Waals surface area contributed by atoms with E-state index in [9.17, 15) is 0 Å². The van der Waals surface area contributed by atoms with Crippen LogP contribution in [0.25, 0.3) is 10.8 Å². The fraction of sp³-hybridized carbons (Fsp3) is 0.143. The smallest absolute Gasteiger partial charge is 0.264 e. The van der Waals surface area contributed by atoms with E-state index in [1.54, 1.807) is 6.92 Å². The van der Waals surface area contributed by atoms with Gasteiger partial charge in [0.05, 0.1) is 0 Å². The molecule has 4 heteroatoms. The Hall–Kier alpha value is -2.36. The summed E-state index contributed by atoms with van der Waals surface area (Å²) < 4.78 is 10.7. The van der Waals surface area contributed by atoms with Gasteiger partial charge in [-0.05, 0) is 18.4 Å². The average Bonchev–Trinajstić information content (AvgIpc) is 2.82. The first-order valence-corrected chi connectivity index (χ1v) is 5.73. The van der Waals surface area contributed by atoms with Crippen molar-refractivity contribution < 1.29 is 9.26 Å². The van der Waals surface area contributed by atoms with Gasteiger partial charge in [-0.25, -0.2) is 0 Å². The molecular formula is C14H12N2O2. The third kappa shape index (κ3) is 2.05. The number of hydrogen-bond donors (Lipinski definition) is 0. The summed E-state index contributed by atoms with van der Waals surface area (Å²) in [4.78, 5) is 4.10. The third-order valence-corrected chi connectivity index (χ3v) is 2.67. The van der Waals surface area contributed by atoms with Crippen LogP contribution < -0.4 is 4.74 Å². The van der Waals surface area contributed by atoms with E-state index >= 15 is 0 Å². The van der Waals surface area contributed by atoms with Crippen molar-refractivity contribution in [3.63, 3.8) is 0 Å². The molecule has 18 heavy (non-hydrogen) atoms. The van der Waals surface area contributed by atoms with Crippen molar-refractivity contribution in [3.8, 4) is 5.75 Å². The highest BCUT2D eigenvalue weighted by Gasteiger charge is 2.05. The summed E-state index contributed by atoms with van der Waals surface area (Å²) in [5.41, 5.74) is 0. The minimum absolute atomic E-state index is 0.287. The zero-order valence-corrected chi connectivity index (χ0v) is 9.96. The van der Waals surface area contributed by atoms with Gasteiger partial charge >= 0.3 is 0 Å². The zero-order chi connectivity index (χ0) is 12.4. The first-order chi connectivity index (χ1) is 8.83. The molecule has 4 nitrogen and oxygen atoms in total. The predicted octanol–water partition coefficient (Wildman–Crippen LogP) is 3.11. The molecule has 3 aromatic rings. The SMILES string of the molecule is Cc1noc(COc2cccc3ccccc23)n1. The Morgan fingerprint density at radius 2 is 1.94 bits per heavy atom. The van der Waals surface area contributed by atoms with Crippen molar-refractivity contribution in [3.05, 3.63) is 54.2 Å². The van der Waals surface area contributed by atoms with Gasteiger partial charge in [-0.3, -0.25) is 0 Å². The number of nitrogens with zero attached hydrogens (tertiary/aromatic N) is 2. The van der Waals surface area contributed by atoms with Crippen molar-refractivity contribution in [1.29, 1.82) is 0 Å². The molecule has 0 fully saturated rings. The standard InChI is InChI=1S/C14H12N2O2/c1-10-15-14(18-16-10)9-17-13-8-4-6-11-5-2-3-7-12(11)13/h2-8H,9H2,1H3. The van der Waals surface area contributed by atoms with Crippen molar-refractivity contribution in [1.82, 2.24) is 10.1 Å². The second-order valence-corrected chi connectivity index (χ2v) is 4.00. The molecule has 0 saturated heterocycles. The van der Waals surface area contributed by atoms with E-state index in [4.69, 9.17) is 9.26 Å². The van der Waals surface area contributed by atoms with Gasteiger partial charge in [0.15, 0.2) is 12.4 Å². The minimum Gasteiger partial charge on any atom is -0.483 e. The van der Waals surface area contributed by atoms with Crippen LogP contribution in [0.4, 0.5) is 0 Å². The number of rotatable bonds is 3. The van der Waals surface area contributed by atoms with Crippen LogP contribution in [0.3, 0.4) is 0 Å². The van der Waals surface area contributed by atoms with Crippen LogP contribution in [-0.4, -0.2) is 10.1 Å². The predicted molar refractivity (Wildman–Crippen MR) is 67.3 cm³/mol. The van der Waals surface area contributed by atoms with Gasteiger partial charge in [-0.1, -0.05) is 41.6 Å². The second kappa shape index (κ2) is 4.49. The van der Waals surface area contributed by atoms with Gasteiger partial charge in [0, 0.05) is 5.39 Å². The van der Waals surface area contributed by atoms with Crippen LogP contribution in [0, 0.1) is 6.92 Å². The van der Waals surface area contributed by atoms with Gasteiger partial charge in [0.1, 0.15) is 5.75 Å². The Balaban J connectivity index is 1.86. The van der Waals surface area contributed by atoms with Gasteiger partial charge in [0.25, 0.3) is 5.89 Å². The van der Waals surface area contributed by atoms with E-state index in [2.05, 4.69) is 22.3 Å². The van der Waals surface area contributed by atoms with Crippen molar-refractivity contribution in [2.24, 2.45) is 0 Å². The quantitative estimate of drug-likeness (QED) is 0.705.